The van der Waals surface area contributed by atoms with Crippen molar-refractivity contribution in [1.82, 2.24) is 0 Å². The van der Waals surface area contributed by atoms with Crippen molar-refractivity contribution < 1.29 is 17.9 Å². The largest absolute Gasteiger partial charge is 0.495 e. The Hall–Kier alpha value is -1.39. The normalized spacial score (nSPS) is 11.5. The second-order valence-corrected chi connectivity index (χ2v) is 4.80. The molecular weight excluding hydrogens is 312 g/mol. The van der Waals surface area contributed by atoms with Crippen LogP contribution in [0.25, 0.3) is 11.1 Å². The van der Waals surface area contributed by atoms with Crippen molar-refractivity contribution in [2.75, 3.05) is 7.11 Å². The summed E-state index contributed by atoms with van der Waals surface area (Å²) in [5.41, 5.74) is -0.342. The van der Waals surface area contributed by atoms with Crippen LogP contribution >= 0.6 is 23.2 Å². The van der Waals surface area contributed by atoms with Gasteiger partial charge in [0.05, 0.1) is 22.7 Å². The highest BCUT2D eigenvalue weighted by molar-refractivity contribution is 6.39. The van der Waals surface area contributed by atoms with Gasteiger partial charge in [0.25, 0.3) is 0 Å². The molecule has 0 aliphatic carbocycles. The van der Waals surface area contributed by atoms with Gasteiger partial charge in [0.1, 0.15) is 5.75 Å². The number of rotatable bonds is 2. The van der Waals surface area contributed by atoms with Gasteiger partial charge in [-0.2, -0.15) is 13.2 Å². The molecule has 0 saturated carbocycles. The Kier molecular flexibility index (Phi) is 4.16. The average Bonchev–Trinajstić information content (AvgIpc) is 2.37. The van der Waals surface area contributed by atoms with Crippen LogP contribution in [0.1, 0.15) is 5.56 Å². The Labute approximate surface area is 123 Å². The number of hydrogen-bond donors (Lipinski definition) is 0. The second-order valence-electron chi connectivity index (χ2n) is 3.98. The third kappa shape index (κ3) is 2.72. The number of para-hydroxylation sites is 1. The van der Waals surface area contributed by atoms with E-state index in [-0.39, 0.29) is 21.4 Å². The topological polar surface area (TPSA) is 9.23 Å². The fourth-order valence-electron chi connectivity index (χ4n) is 1.93. The molecule has 0 atom stereocenters. The smallest absolute Gasteiger partial charge is 0.419 e. The molecule has 20 heavy (non-hydrogen) atoms. The van der Waals surface area contributed by atoms with Gasteiger partial charge < -0.3 is 4.74 Å². The van der Waals surface area contributed by atoms with E-state index in [2.05, 4.69) is 0 Å². The molecule has 0 heterocycles. The third-order valence-corrected chi connectivity index (χ3v) is 3.39. The summed E-state index contributed by atoms with van der Waals surface area (Å²) in [6.07, 6.45) is -4.52. The molecule has 2 rings (SSSR count). The van der Waals surface area contributed by atoms with E-state index < -0.39 is 11.7 Å². The first kappa shape index (κ1) is 15.0. The van der Waals surface area contributed by atoms with Crippen molar-refractivity contribution >= 4 is 23.2 Å². The van der Waals surface area contributed by atoms with Crippen molar-refractivity contribution in [1.29, 1.82) is 0 Å². The number of alkyl halides is 3. The standard InChI is InChI=1S/C14H9Cl2F3O/c1-20-13-8(4-2-5-9(13)14(17,18)19)12-10(15)6-3-7-11(12)16/h2-7H,1H3. The number of ether oxygens (including phenoxy) is 1. The van der Waals surface area contributed by atoms with Crippen LogP contribution < -0.4 is 4.74 Å². The first-order valence-corrected chi connectivity index (χ1v) is 6.30. The number of methoxy groups -OCH3 is 1. The van der Waals surface area contributed by atoms with Crippen LogP contribution in [0.3, 0.4) is 0 Å². The molecule has 0 radical (unpaired) electrons. The lowest BCUT2D eigenvalue weighted by molar-refractivity contribution is -0.138. The molecule has 2 aromatic rings. The molecular formula is C14H9Cl2F3O. The van der Waals surface area contributed by atoms with E-state index in [1.807, 2.05) is 0 Å². The van der Waals surface area contributed by atoms with Gasteiger partial charge in [0, 0.05) is 11.1 Å². The minimum Gasteiger partial charge on any atom is -0.495 e. The second kappa shape index (κ2) is 5.54. The molecule has 0 fully saturated rings. The van der Waals surface area contributed by atoms with Crippen LogP contribution in [-0.4, -0.2) is 7.11 Å². The molecule has 6 heteroatoms. The summed E-state index contributed by atoms with van der Waals surface area (Å²) < 4.78 is 43.9. The van der Waals surface area contributed by atoms with Gasteiger partial charge in [-0.15, -0.1) is 0 Å². The van der Waals surface area contributed by atoms with Gasteiger partial charge in [-0.1, -0.05) is 41.4 Å². The summed E-state index contributed by atoms with van der Waals surface area (Å²) in [4.78, 5) is 0. The molecule has 0 aromatic heterocycles. The van der Waals surface area contributed by atoms with Crippen LogP contribution in [0.2, 0.25) is 10.0 Å². The predicted octanol–water partition coefficient (Wildman–Crippen LogP) is 5.69. The zero-order chi connectivity index (χ0) is 14.9. The van der Waals surface area contributed by atoms with E-state index in [4.69, 9.17) is 27.9 Å². The highest BCUT2D eigenvalue weighted by atomic mass is 35.5. The number of halogens is 5. The first-order chi connectivity index (χ1) is 9.36. The fraction of sp³-hybridized carbons (Fsp3) is 0.143. The lowest BCUT2D eigenvalue weighted by Crippen LogP contribution is -2.08. The maximum atomic E-state index is 13.0. The van der Waals surface area contributed by atoms with Crippen LogP contribution in [0.5, 0.6) is 5.75 Å². The van der Waals surface area contributed by atoms with Gasteiger partial charge >= 0.3 is 6.18 Å². The van der Waals surface area contributed by atoms with Crippen LogP contribution in [0.15, 0.2) is 36.4 Å². The minimum absolute atomic E-state index is 0.206. The maximum Gasteiger partial charge on any atom is 0.419 e. The van der Waals surface area contributed by atoms with Crippen LogP contribution in [0, 0.1) is 0 Å². The highest BCUT2D eigenvalue weighted by Gasteiger charge is 2.35. The average molecular weight is 321 g/mol. The van der Waals surface area contributed by atoms with E-state index in [0.29, 0.717) is 5.56 Å². The molecule has 1 nitrogen and oxygen atoms in total. The first-order valence-electron chi connectivity index (χ1n) is 5.55. The van der Waals surface area contributed by atoms with Crippen molar-refractivity contribution in [2.24, 2.45) is 0 Å². The van der Waals surface area contributed by atoms with E-state index in [9.17, 15) is 13.2 Å². The van der Waals surface area contributed by atoms with Gasteiger partial charge in [-0.3, -0.25) is 0 Å². The van der Waals surface area contributed by atoms with Crippen molar-refractivity contribution in [3.8, 4) is 16.9 Å². The zero-order valence-corrected chi connectivity index (χ0v) is 11.8. The van der Waals surface area contributed by atoms with Crippen molar-refractivity contribution in [3.63, 3.8) is 0 Å². The summed E-state index contributed by atoms with van der Waals surface area (Å²) in [6.45, 7) is 0. The Morgan fingerprint density at radius 1 is 0.950 bits per heavy atom. The summed E-state index contributed by atoms with van der Waals surface area (Å²) in [5, 5.41) is 0.519. The van der Waals surface area contributed by atoms with Crippen molar-refractivity contribution in [2.45, 2.75) is 6.18 Å². The quantitative estimate of drug-likeness (QED) is 0.690. The van der Waals surface area contributed by atoms with Gasteiger partial charge in [0.2, 0.25) is 0 Å². The van der Waals surface area contributed by atoms with E-state index in [1.165, 1.54) is 19.2 Å². The molecule has 2 aromatic carbocycles. The minimum atomic E-state index is -4.52. The molecule has 0 N–H and O–H groups in total. The summed E-state index contributed by atoms with van der Waals surface area (Å²) in [6, 6.07) is 8.47. The van der Waals surface area contributed by atoms with E-state index in [1.54, 1.807) is 18.2 Å². The molecule has 0 aliphatic heterocycles. The maximum absolute atomic E-state index is 13.0. The Bertz CT molecular complexity index is 619. The van der Waals surface area contributed by atoms with Gasteiger partial charge in [-0.25, -0.2) is 0 Å². The molecule has 0 amide bonds. The summed E-state index contributed by atoms with van der Waals surface area (Å²) in [7, 11) is 1.18. The summed E-state index contributed by atoms with van der Waals surface area (Å²) >= 11 is 12.1. The molecule has 0 saturated heterocycles. The van der Waals surface area contributed by atoms with E-state index >= 15 is 0 Å². The van der Waals surface area contributed by atoms with Crippen LogP contribution in [0.4, 0.5) is 13.2 Å². The monoisotopic (exact) mass is 320 g/mol. The lowest BCUT2D eigenvalue weighted by Gasteiger charge is -2.17. The summed E-state index contributed by atoms with van der Waals surface area (Å²) in [5.74, 6) is -0.296. The Balaban J connectivity index is 2.76. The zero-order valence-electron chi connectivity index (χ0n) is 10.3. The molecule has 0 aliphatic rings. The Morgan fingerprint density at radius 3 is 2.00 bits per heavy atom. The van der Waals surface area contributed by atoms with E-state index in [0.717, 1.165) is 6.07 Å². The highest BCUT2D eigenvalue weighted by Crippen LogP contribution is 2.45. The Morgan fingerprint density at radius 2 is 1.50 bits per heavy atom. The molecule has 106 valence electrons. The number of benzene rings is 2. The molecule has 0 bridgehead atoms. The SMILES string of the molecule is COc1c(-c2c(Cl)cccc2Cl)cccc1C(F)(F)F. The van der Waals surface area contributed by atoms with Crippen LogP contribution in [-0.2, 0) is 6.18 Å². The van der Waals surface area contributed by atoms with Gasteiger partial charge in [0.15, 0.2) is 0 Å². The number of hydrogen-bond acceptors (Lipinski definition) is 1. The third-order valence-electron chi connectivity index (χ3n) is 2.76. The van der Waals surface area contributed by atoms with Gasteiger partial charge in [-0.05, 0) is 18.2 Å². The molecule has 0 spiro atoms. The van der Waals surface area contributed by atoms with Crippen molar-refractivity contribution in [3.05, 3.63) is 52.0 Å². The molecule has 0 unspecified atom stereocenters. The lowest BCUT2D eigenvalue weighted by atomic mass is 10.0. The fourth-order valence-corrected chi connectivity index (χ4v) is 2.53. The predicted molar refractivity (Wildman–Crippen MR) is 73.5 cm³/mol.